The lowest BCUT2D eigenvalue weighted by Gasteiger charge is -2.10. The van der Waals surface area contributed by atoms with Crippen molar-refractivity contribution in [3.05, 3.63) is 71.2 Å². The lowest BCUT2D eigenvalue weighted by atomic mass is 10.1. The molecular weight excluding hydrogens is 258 g/mol. The Balaban J connectivity index is 1.78. The van der Waals surface area contributed by atoms with Crippen LogP contribution >= 0.6 is 0 Å². The zero-order valence-electron chi connectivity index (χ0n) is 12.4. The number of pyridine rings is 2. The van der Waals surface area contributed by atoms with Gasteiger partial charge in [0, 0.05) is 36.6 Å². The van der Waals surface area contributed by atoms with Gasteiger partial charge in [-0.05, 0) is 48.7 Å². The van der Waals surface area contributed by atoms with Crippen molar-refractivity contribution in [1.29, 1.82) is 0 Å². The second kappa shape index (κ2) is 6.02. The Bertz CT molecular complexity index is 765. The van der Waals surface area contributed by atoms with Gasteiger partial charge < -0.3 is 5.32 Å². The van der Waals surface area contributed by atoms with E-state index in [-0.39, 0.29) is 0 Å². The van der Waals surface area contributed by atoms with Crippen LogP contribution in [0.25, 0.3) is 10.9 Å². The number of fused-ring (bicyclic) bond motifs is 1. The minimum absolute atomic E-state index is 0.829. The summed E-state index contributed by atoms with van der Waals surface area (Å²) in [4.78, 5) is 8.76. The van der Waals surface area contributed by atoms with Crippen LogP contribution in [0.5, 0.6) is 0 Å². The van der Waals surface area contributed by atoms with Crippen molar-refractivity contribution in [2.24, 2.45) is 0 Å². The molecule has 21 heavy (non-hydrogen) atoms. The van der Waals surface area contributed by atoms with Crippen LogP contribution in [0.2, 0.25) is 0 Å². The molecule has 106 valence electrons. The standard InChI is InChI=1S/C18H19N3/c1-13-7-8-19-11-16(13)12-20-10-15-9-14(2)21-18-6-4-3-5-17(15)18/h3-9,11,20H,10,12H2,1-2H3. The van der Waals surface area contributed by atoms with Crippen molar-refractivity contribution >= 4 is 10.9 Å². The minimum Gasteiger partial charge on any atom is -0.309 e. The third-order valence-electron chi connectivity index (χ3n) is 3.71. The summed E-state index contributed by atoms with van der Waals surface area (Å²) in [7, 11) is 0. The predicted octanol–water partition coefficient (Wildman–Crippen LogP) is 3.54. The molecule has 2 aromatic heterocycles. The van der Waals surface area contributed by atoms with Crippen LogP contribution in [-0.4, -0.2) is 9.97 Å². The summed E-state index contributed by atoms with van der Waals surface area (Å²) in [5.41, 5.74) is 5.93. The summed E-state index contributed by atoms with van der Waals surface area (Å²) < 4.78 is 0. The first-order valence-corrected chi connectivity index (χ1v) is 7.19. The van der Waals surface area contributed by atoms with Crippen molar-refractivity contribution in [2.75, 3.05) is 0 Å². The molecule has 3 aromatic rings. The molecule has 1 N–H and O–H groups in total. The van der Waals surface area contributed by atoms with Crippen molar-refractivity contribution in [1.82, 2.24) is 15.3 Å². The Labute approximate surface area is 125 Å². The summed E-state index contributed by atoms with van der Waals surface area (Å²) in [6, 6.07) is 12.5. The summed E-state index contributed by atoms with van der Waals surface area (Å²) in [6.45, 7) is 5.82. The fraction of sp³-hybridized carbons (Fsp3) is 0.222. The van der Waals surface area contributed by atoms with Crippen LogP contribution in [0.4, 0.5) is 0 Å². The molecule has 0 saturated heterocycles. The van der Waals surface area contributed by atoms with E-state index in [1.165, 1.54) is 22.1 Å². The van der Waals surface area contributed by atoms with E-state index in [1.54, 1.807) is 0 Å². The maximum atomic E-state index is 4.58. The van der Waals surface area contributed by atoms with Gasteiger partial charge in [-0.15, -0.1) is 0 Å². The highest BCUT2D eigenvalue weighted by Gasteiger charge is 2.04. The molecule has 0 spiro atoms. The number of rotatable bonds is 4. The van der Waals surface area contributed by atoms with Gasteiger partial charge in [-0.25, -0.2) is 0 Å². The van der Waals surface area contributed by atoms with E-state index in [1.807, 2.05) is 31.5 Å². The third-order valence-corrected chi connectivity index (χ3v) is 3.71. The van der Waals surface area contributed by atoms with Crippen LogP contribution in [0.3, 0.4) is 0 Å². The molecule has 0 radical (unpaired) electrons. The molecule has 0 aliphatic heterocycles. The highest BCUT2D eigenvalue weighted by molar-refractivity contribution is 5.82. The number of hydrogen-bond donors (Lipinski definition) is 1. The van der Waals surface area contributed by atoms with Gasteiger partial charge >= 0.3 is 0 Å². The van der Waals surface area contributed by atoms with Gasteiger partial charge in [-0.2, -0.15) is 0 Å². The van der Waals surface area contributed by atoms with Gasteiger partial charge in [0.1, 0.15) is 0 Å². The quantitative estimate of drug-likeness (QED) is 0.792. The van der Waals surface area contributed by atoms with E-state index < -0.39 is 0 Å². The van der Waals surface area contributed by atoms with Crippen molar-refractivity contribution in [3.8, 4) is 0 Å². The topological polar surface area (TPSA) is 37.8 Å². The zero-order chi connectivity index (χ0) is 14.7. The monoisotopic (exact) mass is 277 g/mol. The van der Waals surface area contributed by atoms with Gasteiger partial charge in [0.15, 0.2) is 0 Å². The largest absolute Gasteiger partial charge is 0.309 e. The van der Waals surface area contributed by atoms with Crippen molar-refractivity contribution < 1.29 is 0 Å². The molecule has 3 rings (SSSR count). The molecule has 0 atom stereocenters. The van der Waals surface area contributed by atoms with E-state index in [0.29, 0.717) is 0 Å². The lowest BCUT2D eigenvalue weighted by Crippen LogP contribution is -2.14. The lowest BCUT2D eigenvalue weighted by molar-refractivity contribution is 0.691. The van der Waals surface area contributed by atoms with E-state index in [9.17, 15) is 0 Å². The molecule has 0 bridgehead atoms. The molecule has 0 amide bonds. The normalized spacial score (nSPS) is 11.0. The second-order valence-corrected chi connectivity index (χ2v) is 5.35. The number of nitrogens with zero attached hydrogens (tertiary/aromatic N) is 2. The first-order chi connectivity index (χ1) is 10.2. The SMILES string of the molecule is Cc1cc(CNCc2cnccc2C)c2ccccc2n1. The number of nitrogens with one attached hydrogen (secondary N) is 1. The van der Waals surface area contributed by atoms with E-state index in [2.05, 4.69) is 46.5 Å². The Morgan fingerprint density at radius 2 is 1.81 bits per heavy atom. The molecule has 2 heterocycles. The first-order valence-electron chi connectivity index (χ1n) is 7.19. The second-order valence-electron chi connectivity index (χ2n) is 5.35. The van der Waals surface area contributed by atoms with E-state index >= 15 is 0 Å². The molecule has 3 nitrogen and oxygen atoms in total. The van der Waals surface area contributed by atoms with Gasteiger partial charge in [0.25, 0.3) is 0 Å². The predicted molar refractivity (Wildman–Crippen MR) is 86.0 cm³/mol. The average molecular weight is 277 g/mol. The zero-order valence-corrected chi connectivity index (χ0v) is 12.4. The highest BCUT2D eigenvalue weighted by Crippen LogP contribution is 2.18. The summed E-state index contributed by atoms with van der Waals surface area (Å²) in [6.07, 6.45) is 3.76. The van der Waals surface area contributed by atoms with Crippen molar-refractivity contribution in [2.45, 2.75) is 26.9 Å². The van der Waals surface area contributed by atoms with Crippen molar-refractivity contribution in [3.63, 3.8) is 0 Å². The van der Waals surface area contributed by atoms with Crippen LogP contribution < -0.4 is 5.32 Å². The first kappa shape index (κ1) is 13.7. The van der Waals surface area contributed by atoms with Crippen LogP contribution in [-0.2, 0) is 13.1 Å². The Hall–Kier alpha value is -2.26. The molecule has 0 aliphatic carbocycles. The van der Waals surface area contributed by atoms with Gasteiger partial charge in [0.2, 0.25) is 0 Å². The molecule has 3 heteroatoms. The number of aromatic nitrogens is 2. The molecule has 0 fully saturated rings. The fourth-order valence-electron chi connectivity index (χ4n) is 2.55. The molecule has 0 saturated carbocycles. The van der Waals surface area contributed by atoms with Gasteiger partial charge in [-0.3, -0.25) is 9.97 Å². The summed E-state index contributed by atoms with van der Waals surface area (Å²) in [5, 5.41) is 4.73. The van der Waals surface area contributed by atoms with E-state index in [0.717, 1.165) is 24.3 Å². The smallest absolute Gasteiger partial charge is 0.0708 e. The molecule has 1 aromatic carbocycles. The summed E-state index contributed by atoms with van der Waals surface area (Å²) in [5.74, 6) is 0. The molecule has 0 aliphatic rings. The minimum atomic E-state index is 0.829. The van der Waals surface area contributed by atoms with Crippen LogP contribution in [0.15, 0.2) is 48.8 Å². The Kier molecular flexibility index (Phi) is 3.93. The highest BCUT2D eigenvalue weighted by atomic mass is 14.9. The van der Waals surface area contributed by atoms with Crippen LogP contribution in [0.1, 0.15) is 22.4 Å². The number of aryl methyl sites for hydroxylation is 2. The molecule has 0 unspecified atom stereocenters. The Morgan fingerprint density at radius 3 is 2.67 bits per heavy atom. The van der Waals surface area contributed by atoms with Crippen LogP contribution in [0, 0.1) is 13.8 Å². The molecular formula is C18H19N3. The number of para-hydroxylation sites is 1. The fourth-order valence-corrected chi connectivity index (χ4v) is 2.55. The van der Waals surface area contributed by atoms with Gasteiger partial charge in [-0.1, -0.05) is 18.2 Å². The number of hydrogen-bond acceptors (Lipinski definition) is 3. The van der Waals surface area contributed by atoms with E-state index in [4.69, 9.17) is 0 Å². The Morgan fingerprint density at radius 1 is 1.00 bits per heavy atom. The average Bonchev–Trinajstić information content (AvgIpc) is 2.49. The summed E-state index contributed by atoms with van der Waals surface area (Å²) >= 11 is 0. The maximum Gasteiger partial charge on any atom is 0.0708 e. The maximum absolute atomic E-state index is 4.58. The number of benzene rings is 1. The third kappa shape index (κ3) is 3.09. The van der Waals surface area contributed by atoms with Gasteiger partial charge in [0.05, 0.1) is 5.52 Å².